The molecule has 0 spiro atoms. The predicted molar refractivity (Wildman–Crippen MR) is 442 cm³/mol. The summed E-state index contributed by atoms with van der Waals surface area (Å²) in [5.74, 6) is 0.729. The van der Waals surface area contributed by atoms with Crippen molar-refractivity contribution >= 4 is 134 Å². The number of rotatable bonds is 10. The van der Waals surface area contributed by atoms with Crippen LogP contribution in [0.5, 0.6) is 0 Å². The Bertz CT molecular complexity index is 6070. The molecule has 6 heterocycles. The van der Waals surface area contributed by atoms with Gasteiger partial charge in [-0.1, -0.05) is 146 Å². The summed E-state index contributed by atoms with van der Waals surface area (Å²) in [5.41, 5.74) is 25.7. The van der Waals surface area contributed by atoms with Gasteiger partial charge in [-0.25, -0.2) is 0 Å². The molecule has 107 heavy (non-hydrogen) atoms. The van der Waals surface area contributed by atoms with Gasteiger partial charge in [-0.3, -0.25) is 0 Å². The van der Waals surface area contributed by atoms with E-state index >= 15 is 0 Å². The second-order valence-corrected chi connectivity index (χ2v) is 31.0. The molecule has 2 atom stereocenters. The third-order valence-corrected chi connectivity index (χ3v) is 24.2. The molecule has 7 nitrogen and oxygen atoms in total. The van der Waals surface area contributed by atoms with Crippen LogP contribution in [0, 0.1) is 0 Å². The highest BCUT2D eigenvalue weighted by molar-refractivity contribution is 6.14. The Morgan fingerprint density at radius 3 is 1.25 bits per heavy atom. The van der Waals surface area contributed by atoms with Crippen LogP contribution in [0.25, 0.3) is 99.8 Å². The Morgan fingerprint density at radius 1 is 0.393 bits per heavy atom. The van der Waals surface area contributed by atoms with Gasteiger partial charge < -0.3 is 91.1 Å². The first-order valence-electron chi connectivity index (χ1n) is 37.6. The zero-order valence-corrected chi connectivity index (χ0v) is 69.6. The van der Waals surface area contributed by atoms with Crippen LogP contribution in [0.15, 0.2) is 255 Å². The molecule has 12 aromatic carbocycles. The van der Waals surface area contributed by atoms with E-state index in [2.05, 4.69) is 365 Å². The molecule has 0 bridgehead atoms. The van der Waals surface area contributed by atoms with Crippen LogP contribution in [-0.4, -0.2) is 78.8 Å². The standard InChI is InChI=1S/C36H31N2O.C31H29N2.C30H33N2.3HI/c1-36(2)34(37(3)33-20-16-26-8-4-5-9-28(26)35(33)36)21-15-24-14-19-32-30(22-24)29-10-6-7-11-31(29)38(32)27-17-12-25(23-39)13-18-27;1-5-33-26-13-9-8-12-24(26)25-20-21(14-17-27(25)33)15-19-29-31(2,3)30-23-11-7-6-10-22(23)16-18-28(30)32(29)4;1-5-32-25-12-8-11-23(25)24-19-20(13-16-26(24)32)14-18-28-30(2,3)29-22-10-7-6-9-21(22)15-17-27(29)31(28)4;;;/h4-22,39H,23H2,1-3H3;6-20H,5H2,1-4H3;6-7,9-10,13-19,23,25H,5,8,11-12H2,1-4H3;3*1H/q3*+1;;;/p-3. The number of likely N-dealkylation sites (N-methyl/N-ethyl adjacent to an activating group) is 1. The van der Waals surface area contributed by atoms with Crippen molar-refractivity contribution in [3.05, 3.63) is 299 Å². The molecule has 0 amide bonds. The molecule has 4 aliphatic heterocycles. The number of halogens is 3. The molecule has 2 aromatic heterocycles. The van der Waals surface area contributed by atoms with E-state index in [1.165, 1.54) is 168 Å². The fourth-order valence-electron chi connectivity index (χ4n) is 19.2. The third kappa shape index (κ3) is 12.5. The summed E-state index contributed by atoms with van der Waals surface area (Å²) in [6, 6.07) is 86.7. The monoisotopic (exact) mass is 1740 g/mol. The lowest BCUT2D eigenvalue weighted by atomic mass is 9.79. The van der Waals surface area contributed by atoms with E-state index in [-0.39, 0.29) is 94.8 Å². The Balaban J connectivity index is 0.000000133. The quantitative estimate of drug-likeness (QED) is 0.110. The van der Waals surface area contributed by atoms with Gasteiger partial charge in [0.1, 0.15) is 21.1 Å². The summed E-state index contributed by atoms with van der Waals surface area (Å²) in [5, 5.41) is 22.6. The number of nitrogens with zero attached hydrogens (tertiary/aromatic N) is 6. The molecule has 1 fully saturated rings. The van der Waals surface area contributed by atoms with Crippen LogP contribution in [0.4, 0.5) is 22.7 Å². The molecule has 1 saturated carbocycles. The van der Waals surface area contributed by atoms with E-state index < -0.39 is 0 Å². The van der Waals surface area contributed by atoms with Crippen molar-refractivity contribution in [2.45, 2.75) is 116 Å². The Morgan fingerprint density at radius 2 is 0.785 bits per heavy atom. The number of para-hydroxylation sites is 2. The number of aryl methyl sites for hydroxylation is 1. The van der Waals surface area contributed by atoms with Crippen molar-refractivity contribution in [1.82, 2.24) is 9.13 Å². The third-order valence-electron chi connectivity index (χ3n) is 24.2. The Hall–Kier alpha value is -8.80. The van der Waals surface area contributed by atoms with Gasteiger partial charge in [-0.15, -0.1) is 0 Å². The van der Waals surface area contributed by atoms with Crippen LogP contribution >= 0.6 is 0 Å². The molecule has 0 saturated heterocycles. The number of allylic oxidation sites excluding steroid dienone is 3. The van der Waals surface area contributed by atoms with Crippen LogP contribution in [-0.2, 0) is 29.4 Å². The van der Waals surface area contributed by atoms with Crippen LogP contribution < -0.4 is 76.8 Å². The fraction of sp³-hybridized carbons (Fsp3) is 0.227. The van der Waals surface area contributed by atoms with Crippen LogP contribution in [0.1, 0.15) is 125 Å². The molecule has 1 N–H and O–H groups in total. The topological polar surface area (TPSA) is 42.4 Å². The van der Waals surface area contributed by atoms with Gasteiger partial charge in [-0.05, 0) is 225 Å². The summed E-state index contributed by atoms with van der Waals surface area (Å²) in [4.78, 5) is 2.64. The summed E-state index contributed by atoms with van der Waals surface area (Å²) in [7, 11) is 6.59. The number of anilines is 1. The van der Waals surface area contributed by atoms with Crippen molar-refractivity contribution in [3.63, 3.8) is 0 Å². The van der Waals surface area contributed by atoms with E-state index in [0.717, 1.165) is 36.3 Å². The van der Waals surface area contributed by atoms with Crippen LogP contribution in [0.3, 0.4) is 0 Å². The lowest BCUT2D eigenvalue weighted by molar-refractivity contribution is -0.401. The first kappa shape index (κ1) is 75.0. The molecule has 10 heteroatoms. The first-order chi connectivity index (χ1) is 50.5. The smallest absolute Gasteiger partial charge is 0.210 e. The Labute approximate surface area is 681 Å². The van der Waals surface area contributed by atoms with E-state index in [9.17, 15) is 5.11 Å². The first-order valence-corrected chi connectivity index (χ1v) is 37.6. The number of benzene rings is 12. The number of hydrogen-bond acceptors (Lipinski definition) is 2. The van der Waals surface area contributed by atoms with Gasteiger partial charge in [0.2, 0.25) is 17.1 Å². The van der Waals surface area contributed by atoms with Gasteiger partial charge in [-0.2, -0.15) is 13.7 Å². The average Bonchev–Trinajstić information content (AvgIpc) is 1.60. The fourth-order valence-corrected chi connectivity index (χ4v) is 19.2. The maximum absolute atomic E-state index is 9.49. The van der Waals surface area contributed by atoms with Crippen molar-refractivity contribution in [1.29, 1.82) is 0 Å². The van der Waals surface area contributed by atoms with E-state index in [1.54, 1.807) is 5.56 Å². The number of hydrogen-bond donors (Lipinski definition) is 1. The maximum Gasteiger partial charge on any atom is 0.210 e. The lowest BCUT2D eigenvalue weighted by Gasteiger charge is -2.25. The lowest BCUT2D eigenvalue weighted by Crippen LogP contribution is -3.00. The van der Waals surface area contributed by atoms with E-state index in [1.807, 2.05) is 12.1 Å². The summed E-state index contributed by atoms with van der Waals surface area (Å²) >= 11 is 0. The second-order valence-electron chi connectivity index (χ2n) is 31.0. The van der Waals surface area contributed by atoms with Crippen molar-refractivity contribution < 1.29 is 90.8 Å². The van der Waals surface area contributed by atoms with Crippen molar-refractivity contribution in [2.24, 2.45) is 0 Å². The molecule has 14 aromatic rings. The number of fused-ring (bicyclic) bond motifs is 18. The SMILES string of the molecule is CCN1c2ccc(/C=C/C3=[N+](C)c4ccc5ccccc5c4C3(C)C)cc2C2CCCC21.CCn1c2ccccc2c2cc(/C=C/C3=[N+](C)c4ccc5ccccc5c4C3(C)C)ccc21.C[N+]1=C(/C=C/c2ccc3c(c2)c2ccccc2n3-c2ccc(CO)cc2)C(C)(C)c2c1ccc1ccccc21.[I-].[I-].[I-]. The van der Waals surface area contributed by atoms with Crippen molar-refractivity contribution in [3.8, 4) is 5.69 Å². The van der Waals surface area contributed by atoms with Gasteiger partial charge in [0.15, 0.2) is 17.1 Å². The molecule has 19 rings (SSSR count). The number of aromatic nitrogens is 2. The van der Waals surface area contributed by atoms with Gasteiger partial charge in [0.05, 0.1) is 33.9 Å². The minimum Gasteiger partial charge on any atom is -1.00 e. The summed E-state index contributed by atoms with van der Waals surface area (Å²) in [6.45, 7) is 20.8. The van der Waals surface area contributed by atoms with E-state index in [0.29, 0.717) is 0 Å². The van der Waals surface area contributed by atoms with Crippen molar-refractivity contribution in [2.75, 3.05) is 32.6 Å². The highest BCUT2D eigenvalue weighted by Crippen LogP contribution is 2.51. The minimum atomic E-state index is -0.109. The van der Waals surface area contributed by atoms with Crippen LogP contribution in [0.2, 0.25) is 0 Å². The molecule has 538 valence electrons. The highest BCUT2D eigenvalue weighted by Gasteiger charge is 2.47. The maximum atomic E-state index is 9.49. The Kier molecular flexibility index (Phi) is 20.8. The number of aliphatic hydroxyl groups is 1. The van der Waals surface area contributed by atoms with Gasteiger partial charge in [0.25, 0.3) is 0 Å². The molecule has 2 unspecified atom stereocenters. The zero-order chi connectivity index (χ0) is 71.5. The van der Waals surface area contributed by atoms with E-state index in [4.69, 9.17) is 0 Å². The minimum absolute atomic E-state index is 0. The number of aliphatic hydroxyl groups excluding tert-OH is 1. The second kappa shape index (κ2) is 29.6. The zero-order valence-electron chi connectivity index (χ0n) is 63.1. The largest absolute Gasteiger partial charge is 1.00 e. The predicted octanol–water partition coefficient (Wildman–Crippen LogP) is 13.9. The van der Waals surface area contributed by atoms with Gasteiger partial charge >= 0.3 is 0 Å². The highest BCUT2D eigenvalue weighted by atomic mass is 127. The molecule has 0 radical (unpaired) electrons. The normalized spacial score (nSPS) is 17.1. The summed E-state index contributed by atoms with van der Waals surface area (Å²) < 4.78 is 11.8. The van der Waals surface area contributed by atoms with Gasteiger partial charge in [0, 0.05) is 122 Å². The molecule has 5 aliphatic rings. The summed E-state index contributed by atoms with van der Waals surface area (Å²) in [6.07, 6.45) is 17.9. The molecular formula is C97H93I3N6O. The molecular weight excluding hydrogens is 1650 g/mol. The molecule has 1 aliphatic carbocycles. The average molecular weight is 1740 g/mol.